The van der Waals surface area contributed by atoms with Crippen molar-refractivity contribution in [2.24, 2.45) is 0 Å². The topological polar surface area (TPSA) is 43.4 Å². The first-order chi connectivity index (χ1) is 7.29. The SMILES string of the molecule is CNCc1cnc(C)cc1OC1COC1. The number of nitrogens with one attached hydrogen (secondary N) is 1. The molecule has 82 valence electrons. The molecule has 1 aromatic rings. The first kappa shape index (κ1) is 10.4. The Morgan fingerprint density at radius 3 is 3.00 bits per heavy atom. The Morgan fingerprint density at radius 2 is 2.40 bits per heavy atom. The molecule has 2 heterocycles. The highest BCUT2D eigenvalue weighted by Crippen LogP contribution is 2.21. The van der Waals surface area contributed by atoms with Gasteiger partial charge in [-0.3, -0.25) is 4.98 Å². The highest BCUT2D eigenvalue weighted by atomic mass is 16.6. The fraction of sp³-hybridized carbons (Fsp3) is 0.545. The second-order valence-corrected chi connectivity index (χ2v) is 3.74. The molecule has 0 radical (unpaired) electrons. The van der Waals surface area contributed by atoms with Crippen LogP contribution >= 0.6 is 0 Å². The van der Waals surface area contributed by atoms with E-state index in [9.17, 15) is 0 Å². The lowest BCUT2D eigenvalue weighted by atomic mass is 10.2. The minimum Gasteiger partial charge on any atom is -0.485 e. The van der Waals surface area contributed by atoms with Gasteiger partial charge in [0.15, 0.2) is 0 Å². The predicted octanol–water partition coefficient (Wildman–Crippen LogP) is 0.887. The van der Waals surface area contributed by atoms with Gasteiger partial charge in [-0.25, -0.2) is 0 Å². The van der Waals surface area contributed by atoms with Gasteiger partial charge in [-0.05, 0) is 14.0 Å². The van der Waals surface area contributed by atoms with Gasteiger partial charge < -0.3 is 14.8 Å². The fourth-order valence-corrected chi connectivity index (χ4v) is 1.46. The molecule has 0 saturated carbocycles. The van der Waals surface area contributed by atoms with Gasteiger partial charge in [-0.1, -0.05) is 0 Å². The van der Waals surface area contributed by atoms with Crippen LogP contribution in [-0.2, 0) is 11.3 Å². The average Bonchev–Trinajstić information content (AvgIpc) is 2.16. The largest absolute Gasteiger partial charge is 0.485 e. The summed E-state index contributed by atoms with van der Waals surface area (Å²) in [6.07, 6.45) is 2.07. The molecule has 1 aliphatic rings. The third kappa shape index (κ3) is 2.46. The second-order valence-electron chi connectivity index (χ2n) is 3.74. The van der Waals surface area contributed by atoms with Gasteiger partial charge in [0, 0.05) is 30.1 Å². The predicted molar refractivity (Wildman–Crippen MR) is 57.0 cm³/mol. The van der Waals surface area contributed by atoms with Crippen LogP contribution in [0.5, 0.6) is 5.75 Å². The van der Waals surface area contributed by atoms with Gasteiger partial charge in [-0.15, -0.1) is 0 Å². The van der Waals surface area contributed by atoms with E-state index >= 15 is 0 Å². The molecule has 0 atom stereocenters. The van der Waals surface area contributed by atoms with Crippen molar-refractivity contribution >= 4 is 0 Å². The molecule has 1 fully saturated rings. The molecule has 0 aliphatic carbocycles. The third-order valence-corrected chi connectivity index (χ3v) is 2.35. The van der Waals surface area contributed by atoms with E-state index in [0.29, 0.717) is 13.2 Å². The summed E-state index contributed by atoms with van der Waals surface area (Å²) in [5.74, 6) is 0.921. The van der Waals surface area contributed by atoms with Crippen LogP contribution < -0.4 is 10.1 Å². The van der Waals surface area contributed by atoms with Crippen LogP contribution in [0.15, 0.2) is 12.3 Å². The molecule has 1 N–H and O–H groups in total. The maximum atomic E-state index is 5.81. The van der Waals surface area contributed by atoms with Crippen LogP contribution in [0.4, 0.5) is 0 Å². The van der Waals surface area contributed by atoms with Gasteiger partial charge in [0.1, 0.15) is 11.9 Å². The van der Waals surface area contributed by atoms with Crippen LogP contribution in [0.1, 0.15) is 11.3 Å². The number of hydrogen-bond donors (Lipinski definition) is 1. The van der Waals surface area contributed by atoms with Crippen molar-refractivity contribution in [2.75, 3.05) is 20.3 Å². The number of rotatable bonds is 4. The summed E-state index contributed by atoms with van der Waals surface area (Å²) >= 11 is 0. The number of pyridine rings is 1. The van der Waals surface area contributed by atoms with Crippen molar-refractivity contribution in [1.82, 2.24) is 10.3 Å². The van der Waals surface area contributed by atoms with Gasteiger partial charge in [0.05, 0.1) is 13.2 Å². The number of aryl methyl sites for hydroxylation is 1. The molecule has 4 nitrogen and oxygen atoms in total. The van der Waals surface area contributed by atoms with E-state index < -0.39 is 0 Å². The normalized spacial score (nSPS) is 16.1. The molecule has 1 aliphatic heterocycles. The minimum absolute atomic E-state index is 0.211. The number of ether oxygens (including phenoxy) is 2. The summed E-state index contributed by atoms with van der Waals surface area (Å²) in [6.45, 7) is 4.13. The number of hydrogen-bond acceptors (Lipinski definition) is 4. The first-order valence-electron chi connectivity index (χ1n) is 5.14. The maximum absolute atomic E-state index is 5.81. The van der Waals surface area contributed by atoms with Crippen molar-refractivity contribution in [3.8, 4) is 5.75 Å². The molecular weight excluding hydrogens is 192 g/mol. The highest BCUT2D eigenvalue weighted by molar-refractivity contribution is 5.33. The van der Waals surface area contributed by atoms with E-state index in [1.807, 2.05) is 26.2 Å². The zero-order valence-corrected chi connectivity index (χ0v) is 9.12. The van der Waals surface area contributed by atoms with Gasteiger partial charge in [-0.2, -0.15) is 0 Å². The molecule has 0 spiro atoms. The monoisotopic (exact) mass is 208 g/mol. The Bertz CT molecular complexity index is 337. The summed E-state index contributed by atoms with van der Waals surface area (Å²) in [5.41, 5.74) is 2.07. The van der Waals surface area contributed by atoms with Crippen molar-refractivity contribution in [3.63, 3.8) is 0 Å². The Morgan fingerprint density at radius 1 is 1.60 bits per heavy atom. The minimum atomic E-state index is 0.211. The van der Waals surface area contributed by atoms with Crippen LogP contribution in [0.2, 0.25) is 0 Å². The molecule has 1 saturated heterocycles. The van der Waals surface area contributed by atoms with E-state index in [-0.39, 0.29) is 6.10 Å². The molecule has 4 heteroatoms. The van der Waals surface area contributed by atoms with Gasteiger partial charge >= 0.3 is 0 Å². The third-order valence-electron chi connectivity index (χ3n) is 2.35. The molecule has 0 amide bonds. The van der Waals surface area contributed by atoms with E-state index in [1.165, 1.54) is 0 Å². The number of aromatic nitrogens is 1. The Labute approximate surface area is 89.6 Å². The number of nitrogens with zero attached hydrogens (tertiary/aromatic N) is 1. The van der Waals surface area contributed by atoms with E-state index in [0.717, 1.165) is 23.6 Å². The van der Waals surface area contributed by atoms with Crippen molar-refractivity contribution < 1.29 is 9.47 Å². The zero-order chi connectivity index (χ0) is 10.7. The van der Waals surface area contributed by atoms with Gasteiger partial charge in [0.2, 0.25) is 0 Å². The quantitative estimate of drug-likeness (QED) is 0.798. The molecular formula is C11H16N2O2. The molecule has 0 aromatic carbocycles. The van der Waals surface area contributed by atoms with Gasteiger partial charge in [0.25, 0.3) is 0 Å². The summed E-state index contributed by atoms with van der Waals surface area (Å²) in [7, 11) is 1.91. The Kier molecular flexibility index (Phi) is 3.18. The Hall–Kier alpha value is -1.13. The lowest BCUT2D eigenvalue weighted by Gasteiger charge is -2.27. The van der Waals surface area contributed by atoms with Crippen LogP contribution in [-0.4, -0.2) is 31.3 Å². The summed E-state index contributed by atoms with van der Waals surface area (Å²) < 4.78 is 10.9. The molecule has 0 unspecified atom stereocenters. The molecule has 1 aromatic heterocycles. The second kappa shape index (κ2) is 4.59. The lowest BCUT2D eigenvalue weighted by molar-refractivity contribution is -0.0800. The van der Waals surface area contributed by atoms with Crippen LogP contribution in [0.25, 0.3) is 0 Å². The van der Waals surface area contributed by atoms with Crippen LogP contribution in [0.3, 0.4) is 0 Å². The Balaban J connectivity index is 2.13. The molecule has 0 bridgehead atoms. The van der Waals surface area contributed by atoms with Crippen molar-refractivity contribution in [2.45, 2.75) is 19.6 Å². The highest BCUT2D eigenvalue weighted by Gasteiger charge is 2.21. The van der Waals surface area contributed by atoms with E-state index in [1.54, 1.807) is 0 Å². The fourth-order valence-electron chi connectivity index (χ4n) is 1.46. The zero-order valence-electron chi connectivity index (χ0n) is 9.12. The lowest BCUT2D eigenvalue weighted by Crippen LogP contribution is -2.38. The standard InChI is InChI=1S/C11H16N2O2/c1-8-3-11(15-10-6-14-7-10)9(4-12-2)5-13-8/h3,5,10,12H,4,6-7H2,1-2H3. The van der Waals surface area contributed by atoms with Crippen molar-refractivity contribution in [3.05, 3.63) is 23.5 Å². The molecule has 15 heavy (non-hydrogen) atoms. The maximum Gasteiger partial charge on any atom is 0.145 e. The summed E-state index contributed by atoms with van der Waals surface area (Å²) in [4.78, 5) is 4.26. The van der Waals surface area contributed by atoms with Crippen molar-refractivity contribution in [1.29, 1.82) is 0 Å². The average molecular weight is 208 g/mol. The summed E-state index contributed by atoms with van der Waals surface area (Å²) in [6, 6.07) is 1.98. The molecule has 2 rings (SSSR count). The van der Waals surface area contributed by atoms with E-state index in [4.69, 9.17) is 9.47 Å². The summed E-state index contributed by atoms with van der Waals surface area (Å²) in [5, 5.41) is 3.10. The first-order valence-corrected chi connectivity index (χ1v) is 5.14. The van der Waals surface area contributed by atoms with E-state index in [2.05, 4.69) is 10.3 Å². The smallest absolute Gasteiger partial charge is 0.145 e. The van der Waals surface area contributed by atoms with Crippen LogP contribution in [0, 0.1) is 6.92 Å².